The Morgan fingerprint density at radius 1 is 0.833 bits per heavy atom. The molecule has 9 heteroatoms. The van der Waals surface area contributed by atoms with Gasteiger partial charge in [-0.3, -0.25) is 14.4 Å². The van der Waals surface area contributed by atoms with Crippen molar-refractivity contribution >= 4 is 29.1 Å². The second-order valence-electron chi connectivity index (χ2n) is 12.4. The van der Waals surface area contributed by atoms with Crippen molar-refractivity contribution in [2.24, 2.45) is 0 Å². The van der Waals surface area contributed by atoms with Crippen LogP contribution in [-0.2, 0) is 38.4 Å². The summed E-state index contributed by atoms with van der Waals surface area (Å²) in [6, 6.07) is 30.8. The van der Waals surface area contributed by atoms with Gasteiger partial charge in [-0.15, -0.1) is 11.3 Å². The first-order chi connectivity index (χ1) is 23.4. The van der Waals surface area contributed by atoms with Crippen LogP contribution >= 0.6 is 11.3 Å². The molecule has 0 aliphatic carbocycles. The van der Waals surface area contributed by atoms with E-state index in [1.165, 1.54) is 9.80 Å². The Balaban J connectivity index is 1.33. The average molecular weight is 667 g/mol. The number of ether oxygens (including phenoxy) is 1. The van der Waals surface area contributed by atoms with Gasteiger partial charge in [0.15, 0.2) is 0 Å². The number of carbonyl (C=O) groups is 3. The molecular weight excluding hydrogens is 621 g/mol. The van der Waals surface area contributed by atoms with E-state index in [1.54, 1.807) is 25.4 Å². The van der Waals surface area contributed by atoms with Crippen molar-refractivity contribution in [1.29, 1.82) is 0 Å². The van der Waals surface area contributed by atoms with Gasteiger partial charge in [0.05, 0.1) is 6.61 Å². The van der Waals surface area contributed by atoms with Gasteiger partial charge in [0.2, 0.25) is 17.7 Å². The molecule has 1 aliphatic heterocycles. The fraction of sp³-hybridized carbons (Fsp3) is 0.359. The van der Waals surface area contributed by atoms with E-state index in [4.69, 9.17) is 4.74 Å². The van der Waals surface area contributed by atoms with E-state index < -0.39 is 12.1 Å². The molecule has 0 bridgehead atoms. The summed E-state index contributed by atoms with van der Waals surface area (Å²) in [4.78, 5) is 45.7. The number of likely N-dealkylation sites (N-methyl/N-ethyl adjacent to an activating group) is 2. The zero-order valence-corrected chi connectivity index (χ0v) is 28.7. The minimum atomic E-state index is -0.832. The fourth-order valence-electron chi connectivity index (χ4n) is 6.05. The molecule has 1 aromatic heterocycles. The van der Waals surface area contributed by atoms with Crippen LogP contribution in [0.2, 0.25) is 0 Å². The standard InChI is InChI=1S/C39H46N4O4S/c1-42(37(44)28-47-27-33-15-9-22-40-33)36(25-30-17-19-32(20-18-30)31-13-7-4-8-14-31)39(46)43(2)35(26-34-16-10-24-48-34)38(45)41-23-21-29-11-5-3-6-12-29/h3-8,10-14,16-20,24,33,35-36,40H,9,15,21-23,25-28H2,1-2H3,(H,41,45)/t33-,35+,36+/m0/s1. The van der Waals surface area contributed by atoms with Crippen molar-refractivity contribution in [1.82, 2.24) is 20.4 Å². The Labute approximate surface area is 288 Å². The number of thiophene rings is 1. The first-order valence-electron chi connectivity index (χ1n) is 16.7. The first kappa shape index (κ1) is 35.0. The molecule has 1 fully saturated rings. The Morgan fingerprint density at radius 3 is 2.21 bits per heavy atom. The quantitative estimate of drug-likeness (QED) is 0.176. The molecule has 3 atom stereocenters. The summed E-state index contributed by atoms with van der Waals surface area (Å²) in [5, 5.41) is 8.41. The molecule has 0 unspecified atom stereocenters. The highest BCUT2D eigenvalue weighted by atomic mass is 32.1. The highest BCUT2D eigenvalue weighted by Gasteiger charge is 2.35. The molecule has 5 rings (SSSR count). The monoisotopic (exact) mass is 666 g/mol. The molecule has 252 valence electrons. The van der Waals surface area contributed by atoms with Gasteiger partial charge in [0.1, 0.15) is 18.7 Å². The lowest BCUT2D eigenvalue weighted by Gasteiger charge is -2.34. The van der Waals surface area contributed by atoms with Gasteiger partial charge >= 0.3 is 0 Å². The molecule has 0 spiro atoms. The smallest absolute Gasteiger partial charge is 0.249 e. The number of nitrogens with zero attached hydrogens (tertiary/aromatic N) is 2. The topological polar surface area (TPSA) is 91.0 Å². The van der Waals surface area contributed by atoms with Gasteiger partial charge in [0, 0.05) is 44.4 Å². The third-order valence-corrected chi connectivity index (χ3v) is 9.89. The van der Waals surface area contributed by atoms with E-state index in [1.807, 2.05) is 90.3 Å². The van der Waals surface area contributed by atoms with Crippen LogP contribution in [0.15, 0.2) is 102 Å². The van der Waals surface area contributed by atoms with Gasteiger partial charge in [-0.1, -0.05) is 91.0 Å². The number of carbonyl (C=O) groups excluding carboxylic acids is 3. The van der Waals surface area contributed by atoms with Crippen LogP contribution in [0, 0.1) is 0 Å². The van der Waals surface area contributed by atoms with E-state index in [2.05, 4.69) is 22.8 Å². The maximum Gasteiger partial charge on any atom is 0.249 e. The second-order valence-corrected chi connectivity index (χ2v) is 13.4. The van der Waals surface area contributed by atoms with Crippen LogP contribution in [0.5, 0.6) is 0 Å². The number of rotatable bonds is 16. The third-order valence-electron chi connectivity index (χ3n) is 8.99. The molecule has 1 aliphatic rings. The van der Waals surface area contributed by atoms with Crippen LogP contribution in [0.1, 0.15) is 28.8 Å². The molecule has 4 aromatic rings. The van der Waals surface area contributed by atoms with Crippen molar-refractivity contribution in [3.63, 3.8) is 0 Å². The Hall–Kier alpha value is -4.31. The molecular formula is C39H46N4O4S. The lowest BCUT2D eigenvalue weighted by atomic mass is 9.98. The predicted molar refractivity (Wildman–Crippen MR) is 192 cm³/mol. The van der Waals surface area contributed by atoms with Crippen LogP contribution in [0.4, 0.5) is 0 Å². The Morgan fingerprint density at radius 2 is 1.54 bits per heavy atom. The lowest BCUT2D eigenvalue weighted by Crippen LogP contribution is -2.56. The van der Waals surface area contributed by atoms with E-state index in [9.17, 15) is 14.4 Å². The molecule has 3 aromatic carbocycles. The molecule has 0 saturated carbocycles. The van der Waals surface area contributed by atoms with Crippen molar-refractivity contribution in [3.05, 3.63) is 118 Å². The highest BCUT2D eigenvalue weighted by Crippen LogP contribution is 2.22. The maximum atomic E-state index is 14.4. The van der Waals surface area contributed by atoms with Crippen LogP contribution < -0.4 is 10.6 Å². The summed E-state index contributed by atoms with van der Waals surface area (Å²) in [6.07, 6.45) is 3.48. The molecule has 3 amide bonds. The summed E-state index contributed by atoms with van der Waals surface area (Å²) in [7, 11) is 3.33. The summed E-state index contributed by atoms with van der Waals surface area (Å²) >= 11 is 1.56. The molecule has 2 heterocycles. The van der Waals surface area contributed by atoms with E-state index in [0.717, 1.165) is 46.5 Å². The van der Waals surface area contributed by atoms with Gasteiger partial charge < -0.3 is 25.2 Å². The minimum absolute atomic E-state index is 0.117. The largest absolute Gasteiger partial charge is 0.370 e. The summed E-state index contributed by atoms with van der Waals surface area (Å²) in [6.45, 7) is 1.74. The van der Waals surface area contributed by atoms with Crippen molar-refractivity contribution < 1.29 is 19.1 Å². The normalized spacial score (nSPS) is 15.4. The summed E-state index contributed by atoms with van der Waals surface area (Å²) in [5.41, 5.74) is 4.22. The van der Waals surface area contributed by atoms with Crippen LogP contribution in [0.25, 0.3) is 11.1 Å². The van der Waals surface area contributed by atoms with E-state index >= 15 is 0 Å². The van der Waals surface area contributed by atoms with Gasteiger partial charge in [0.25, 0.3) is 0 Å². The Kier molecular flexibility index (Phi) is 12.9. The van der Waals surface area contributed by atoms with Crippen LogP contribution in [0.3, 0.4) is 0 Å². The summed E-state index contributed by atoms with van der Waals surface area (Å²) in [5.74, 6) is -0.791. The molecule has 0 radical (unpaired) electrons. The van der Waals surface area contributed by atoms with Gasteiger partial charge in [-0.05, 0) is 59.5 Å². The number of benzene rings is 3. The van der Waals surface area contributed by atoms with Gasteiger partial charge in [-0.25, -0.2) is 0 Å². The number of amides is 3. The third kappa shape index (κ3) is 9.86. The van der Waals surface area contributed by atoms with Crippen molar-refractivity contribution in [3.8, 4) is 11.1 Å². The predicted octanol–water partition coefficient (Wildman–Crippen LogP) is 4.98. The van der Waals surface area contributed by atoms with E-state index in [-0.39, 0.29) is 30.4 Å². The minimum Gasteiger partial charge on any atom is -0.370 e. The first-order valence-corrected chi connectivity index (χ1v) is 17.6. The number of hydrogen-bond donors (Lipinski definition) is 2. The van der Waals surface area contributed by atoms with E-state index in [0.29, 0.717) is 32.4 Å². The van der Waals surface area contributed by atoms with Crippen LogP contribution in [-0.4, -0.2) is 86.0 Å². The zero-order valence-electron chi connectivity index (χ0n) is 27.8. The summed E-state index contributed by atoms with van der Waals surface area (Å²) < 4.78 is 5.80. The Bertz CT molecular complexity index is 1580. The number of nitrogens with one attached hydrogen (secondary N) is 2. The fourth-order valence-corrected chi connectivity index (χ4v) is 6.79. The second kappa shape index (κ2) is 17.7. The highest BCUT2D eigenvalue weighted by molar-refractivity contribution is 7.09. The van der Waals surface area contributed by atoms with Crippen molar-refractivity contribution in [2.75, 3.05) is 40.4 Å². The molecule has 1 saturated heterocycles. The maximum absolute atomic E-state index is 14.4. The zero-order chi connectivity index (χ0) is 33.7. The number of hydrogen-bond acceptors (Lipinski definition) is 6. The molecule has 2 N–H and O–H groups in total. The average Bonchev–Trinajstić information content (AvgIpc) is 3.85. The van der Waals surface area contributed by atoms with Crippen molar-refractivity contribution in [2.45, 2.75) is 50.2 Å². The van der Waals surface area contributed by atoms with Gasteiger partial charge in [-0.2, -0.15) is 0 Å². The molecule has 8 nitrogen and oxygen atoms in total. The lowest BCUT2D eigenvalue weighted by molar-refractivity contribution is -0.149. The SMILES string of the molecule is CN(C(=O)COC[C@@H]1CCCN1)[C@H](Cc1ccc(-c2ccccc2)cc1)C(=O)N(C)[C@H](Cc1cccs1)C(=O)NCCc1ccccc1. The molecule has 48 heavy (non-hydrogen) atoms.